The first-order chi connectivity index (χ1) is 5.60. The Balaban J connectivity index is 3.93. The first kappa shape index (κ1) is 12.9. The van der Waals surface area contributed by atoms with Crippen molar-refractivity contribution in [3.05, 3.63) is 0 Å². The average molecular weight is 368 g/mol. The summed E-state index contributed by atoms with van der Waals surface area (Å²) in [6.07, 6.45) is 0. The third kappa shape index (κ3) is 4.21. The molecule has 0 N–H and O–H groups in total. The topological polar surface area (TPSA) is 9.23 Å². The monoisotopic (exact) mass is 368 g/mol. The van der Waals surface area contributed by atoms with E-state index in [2.05, 4.69) is 34.6 Å². The zero-order valence-electron chi connectivity index (χ0n) is 9.31. The van der Waals surface area contributed by atoms with Gasteiger partial charge in [-0.1, -0.05) is 0 Å². The van der Waals surface area contributed by atoms with Gasteiger partial charge in [0, 0.05) is 0 Å². The predicted octanol–water partition coefficient (Wildman–Crippen LogP) is 3.66. The predicted molar refractivity (Wildman–Crippen MR) is 58.0 cm³/mol. The number of hydrogen-bond donors (Lipinski definition) is 0. The van der Waals surface area contributed by atoms with Gasteiger partial charge in [-0.15, -0.1) is 0 Å². The van der Waals surface area contributed by atoms with Crippen LogP contribution in [0.4, 0.5) is 0 Å². The molecule has 0 bridgehead atoms. The molecule has 0 aromatic heterocycles. The summed E-state index contributed by atoms with van der Waals surface area (Å²) >= 11 is -2.14. The molecule has 1 nitrogen and oxygen atoms in total. The van der Waals surface area contributed by atoms with E-state index >= 15 is 0 Å². The van der Waals surface area contributed by atoms with Crippen LogP contribution in [0.15, 0.2) is 0 Å². The molecule has 0 saturated heterocycles. The van der Waals surface area contributed by atoms with Gasteiger partial charge in [-0.05, 0) is 0 Å². The van der Waals surface area contributed by atoms with E-state index in [4.69, 9.17) is 2.69 Å². The molecule has 0 aliphatic heterocycles. The van der Waals surface area contributed by atoms with Gasteiger partial charge in [-0.2, -0.15) is 0 Å². The SMILES string of the molecule is C[CH2][Pb]([CH2]C)([CH2]C)[O]CC(C)C. The maximum absolute atomic E-state index is 6.16. The zero-order valence-corrected chi connectivity index (χ0v) is 13.2. The first-order valence-electron chi connectivity index (χ1n) is 5.24. The van der Waals surface area contributed by atoms with E-state index in [1.165, 1.54) is 11.9 Å². The van der Waals surface area contributed by atoms with Crippen molar-refractivity contribution in [2.75, 3.05) is 6.61 Å². The van der Waals surface area contributed by atoms with Crippen molar-refractivity contribution in [1.82, 2.24) is 0 Å². The second kappa shape index (κ2) is 6.35. The fourth-order valence-electron chi connectivity index (χ4n) is 1.40. The molecule has 0 radical (unpaired) electrons. The van der Waals surface area contributed by atoms with Crippen molar-refractivity contribution in [2.24, 2.45) is 5.92 Å². The van der Waals surface area contributed by atoms with E-state index in [1.807, 2.05) is 0 Å². The van der Waals surface area contributed by atoms with Crippen LogP contribution < -0.4 is 0 Å². The maximum atomic E-state index is 6.16. The fraction of sp³-hybridized carbons (Fsp3) is 1.00. The molecular formula is C10H24OPb. The molecule has 0 amide bonds. The van der Waals surface area contributed by atoms with Crippen molar-refractivity contribution < 1.29 is 2.69 Å². The van der Waals surface area contributed by atoms with Crippen LogP contribution in [0.2, 0.25) is 11.9 Å². The Morgan fingerprint density at radius 1 is 1.00 bits per heavy atom. The van der Waals surface area contributed by atoms with Gasteiger partial charge in [0.15, 0.2) is 0 Å². The molecule has 74 valence electrons. The van der Waals surface area contributed by atoms with Crippen LogP contribution in [-0.4, -0.2) is 28.2 Å². The van der Waals surface area contributed by atoms with Crippen LogP contribution in [0, 0.1) is 5.92 Å². The van der Waals surface area contributed by atoms with Crippen LogP contribution in [0.25, 0.3) is 0 Å². The Bertz CT molecular complexity index is 100. The van der Waals surface area contributed by atoms with E-state index in [9.17, 15) is 0 Å². The summed E-state index contributed by atoms with van der Waals surface area (Å²) in [6, 6.07) is 0. The molecule has 0 rings (SSSR count). The van der Waals surface area contributed by atoms with Crippen molar-refractivity contribution in [3.8, 4) is 0 Å². The Labute approximate surface area is 83.2 Å². The summed E-state index contributed by atoms with van der Waals surface area (Å²) in [5, 5.41) is 0. The van der Waals surface area contributed by atoms with Crippen LogP contribution in [0.1, 0.15) is 34.6 Å². The van der Waals surface area contributed by atoms with Crippen LogP contribution >= 0.6 is 0 Å². The molecule has 0 atom stereocenters. The third-order valence-corrected chi connectivity index (χ3v) is 20.7. The van der Waals surface area contributed by atoms with Gasteiger partial charge in [0.1, 0.15) is 0 Å². The van der Waals surface area contributed by atoms with Crippen molar-refractivity contribution in [3.63, 3.8) is 0 Å². The molecule has 0 spiro atoms. The summed E-state index contributed by atoms with van der Waals surface area (Å²) in [6.45, 7) is 12.4. The van der Waals surface area contributed by atoms with Gasteiger partial charge in [0.05, 0.1) is 0 Å². The molecule has 2 heteroatoms. The molecular weight excluding hydrogens is 343 g/mol. The number of rotatable bonds is 6. The molecule has 0 unspecified atom stereocenters. The van der Waals surface area contributed by atoms with Gasteiger partial charge in [-0.3, -0.25) is 0 Å². The van der Waals surface area contributed by atoms with Gasteiger partial charge in [0.25, 0.3) is 0 Å². The molecule has 0 aliphatic rings. The molecule has 0 aromatic carbocycles. The Hall–Kier alpha value is 0.882. The fourth-order valence-corrected chi connectivity index (χ4v) is 12.3. The van der Waals surface area contributed by atoms with E-state index in [0.717, 1.165) is 6.61 Å². The van der Waals surface area contributed by atoms with Crippen molar-refractivity contribution in [1.29, 1.82) is 0 Å². The second-order valence-electron chi connectivity index (χ2n) is 3.95. The average Bonchev–Trinajstić information content (AvgIpc) is 2.08. The van der Waals surface area contributed by atoms with Crippen LogP contribution in [0.5, 0.6) is 0 Å². The van der Waals surface area contributed by atoms with Crippen LogP contribution in [-0.2, 0) is 2.69 Å². The van der Waals surface area contributed by atoms with E-state index < -0.39 is 21.6 Å². The quantitative estimate of drug-likeness (QED) is 0.651. The Kier molecular flexibility index (Phi) is 6.82. The van der Waals surface area contributed by atoms with Crippen molar-refractivity contribution >= 4 is 21.6 Å². The minimum absolute atomic E-state index is 0.703. The van der Waals surface area contributed by atoms with Gasteiger partial charge >= 0.3 is 83.4 Å². The van der Waals surface area contributed by atoms with E-state index in [-0.39, 0.29) is 0 Å². The summed E-state index contributed by atoms with van der Waals surface area (Å²) in [5.74, 6) is 0.703. The van der Waals surface area contributed by atoms with Crippen molar-refractivity contribution in [2.45, 2.75) is 46.6 Å². The van der Waals surface area contributed by atoms with E-state index in [0.29, 0.717) is 5.92 Å². The molecule has 0 saturated carbocycles. The summed E-state index contributed by atoms with van der Waals surface area (Å²) < 4.78 is 10.2. The molecule has 0 aromatic rings. The third-order valence-electron chi connectivity index (χ3n) is 2.66. The molecule has 0 fully saturated rings. The Morgan fingerprint density at radius 3 is 1.67 bits per heavy atom. The van der Waals surface area contributed by atoms with E-state index in [1.54, 1.807) is 0 Å². The summed E-state index contributed by atoms with van der Waals surface area (Å²) in [7, 11) is 0. The Morgan fingerprint density at radius 2 is 1.42 bits per heavy atom. The standard InChI is InChI=1S/C4H9O.3C2H5.Pb/c1-4(2)3-5;3*1-2;/h4H,3H2,1-2H3;3*1H2,2H3;/q-1;;;;+1. The summed E-state index contributed by atoms with van der Waals surface area (Å²) in [4.78, 5) is 0. The first-order valence-corrected chi connectivity index (χ1v) is 15.1. The van der Waals surface area contributed by atoms with Crippen LogP contribution in [0.3, 0.4) is 0 Å². The molecule has 12 heavy (non-hydrogen) atoms. The zero-order chi connectivity index (χ0) is 9.61. The van der Waals surface area contributed by atoms with Gasteiger partial charge < -0.3 is 0 Å². The summed E-state index contributed by atoms with van der Waals surface area (Å²) in [5.41, 5.74) is 0. The second-order valence-corrected chi connectivity index (χ2v) is 22.5. The minimum atomic E-state index is -2.14. The normalized spacial score (nSPS) is 12.5. The van der Waals surface area contributed by atoms with Gasteiger partial charge in [-0.25, -0.2) is 0 Å². The molecule has 0 aliphatic carbocycles. The number of hydrogen-bond acceptors (Lipinski definition) is 1. The molecule has 0 heterocycles. The van der Waals surface area contributed by atoms with Gasteiger partial charge in [0.2, 0.25) is 0 Å².